The minimum atomic E-state index is 0.456. The first kappa shape index (κ1) is 12.0. The summed E-state index contributed by atoms with van der Waals surface area (Å²) >= 11 is 1.80. The van der Waals surface area contributed by atoms with Gasteiger partial charge in [-0.15, -0.1) is 11.3 Å². The molecule has 4 heteroatoms. The second kappa shape index (κ2) is 5.25. The molecule has 2 atom stereocenters. The maximum atomic E-state index is 5.36. The van der Waals surface area contributed by atoms with Crippen LogP contribution in [-0.2, 0) is 11.3 Å². The second-order valence-corrected chi connectivity index (χ2v) is 5.79. The van der Waals surface area contributed by atoms with Crippen LogP contribution >= 0.6 is 11.3 Å². The zero-order valence-corrected chi connectivity index (χ0v) is 11.1. The smallest absolute Gasteiger partial charge is 0.107 e. The number of nitrogens with one attached hydrogen (secondary N) is 1. The lowest BCUT2D eigenvalue weighted by molar-refractivity contribution is 0.107. The van der Waals surface area contributed by atoms with Crippen LogP contribution in [0.5, 0.6) is 0 Å². The van der Waals surface area contributed by atoms with Crippen LogP contribution in [0, 0.1) is 13.8 Å². The molecule has 1 aromatic rings. The third kappa shape index (κ3) is 2.81. The van der Waals surface area contributed by atoms with Crippen molar-refractivity contribution in [3.63, 3.8) is 0 Å². The van der Waals surface area contributed by atoms with Crippen LogP contribution in [0.4, 0.5) is 0 Å². The van der Waals surface area contributed by atoms with Gasteiger partial charge in [0.1, 0.15) is 5.01 Å². The molecule has 16 heavy (non-hydrogen) atoms. The number of methoxy groups -OCH3 is 1. The Labute approximate surface area is 101 Å². The van der Waals surface area contributed by atoms with Crippen LogP contribution in [0.15, 0.2) is 0 Å². The van der Waals surface area contributed by atoms with Crippen molar-refractivity contribution in [2.24, 2.45) is 0 Å². The average Bonchev–Trinajstić information content (AvgIpc) is 2.84. The summed E-state index contributed by atoms with van der Waals surface area (Å²) in [6, 6.07) is 0.606. The first-order chi connectivity index (χ1) is 7.69. The van der Waals surface area contributed by atoms with Gasteiger partial charge < -0.3 is 10.1 Å². The van der Waals surface area contributed by atoms with E-state index in [9.17, 15) is 0 Å². The van der Waals surface area contributed by atoms with Gasteiger partial charge in [-0.05, 0) is 33.1 Å². The first-order valence-corrected chi connectivity index (χ1v) is 6.69. The molecule has 1 saturated carbocycles. The van der Waals surface area contributed by atoms with Crippen LogP contribution in [0.1, 0.15) is 34.8 Å². The number of nitrogens with zero attached hydrogens (tertiary/aromatic N) is 1. The van der Waals surface area contributed by atoms with Crippen LogP contribution in [0.2, 0.25) is 0 Å². The summed E-state index contributed by atoms with van der Waals surface area (Å²) in [5.74, 6) is 0. The normalized spacial score (nSPS) is 25.2. The van der Waals surface area contributed by atoms with Gasteiger partial charge in [0.05, 0.1) is 11.8 Å². The van der Waals surface area contributed by atoms with E-state index in [0.717, 1.165) is 13.0 Å². The van der Waals surface area contributed by atoms with Crippen molar-refractivity contribution in [3.8, 4) is 0 Å². The van der Waals surface area contributed by atoms with E-state index in [0.29, 0.717) is 12.1 Å². The van der Waals surface area contributed by atoms with Gasteiger partial charge in [0.25, 0.3) is 0 Å². The highest BCUT2D eigenvalue weighted by atomic mass is 32.1. The van der Waals surface area contributed by atoms with Crippen molar-refractivity contribution in [1.82, 2.24) is 10.3 Å². The molecule has 1 aromatic heterocycles. The predicted molar refractivity (Wildman–Crippen MR) is 66.9 cm³/mol. The van der Waals surface area contributed by atoms with Crippen LogP contribution < -0.4 is 5.32 Å². The van der Waals surface area contributed by atoms with Crippen molar-refractivity contribution < 1.29 is 4.74 Å². The molecule has 0 spiro atoms. The van der Waals surface area contributed by atoms with E-state index in [1.165, 1.54) is 28.4 Å². The van der Waals surface area contributed by atoms with Gasteiger partial charge in [-0.3, -0.25) is 0 Å². The Morgan fingerprint density at radius 2 is 2.25 bits per heavy atom. The summed E-state index contributed by atoms with van der Waals surface area (Å²) in [5, 5.41) is 4.78. The molecule has 0 radical (unpaired) electrons. The van der Waals surface area contributed by atoms with Gasteiger partial charge in [0, 0.05) is 24.6 Å². The molecular formula is C12H20N2OS. The van der Waals surface area contributed by atoms with Crippen molar-refractivity contribution in [2.75, 3.05) is 7.11 Å². The van der Waals surface area contributed by atoms with Crippen LogP contribution in [0.25, 0.3) is 0 Å². The number of hydrogen-bond donors (Lipinski definition) is 1. The summed E-state index contributed by atoms with van der Waals surface area (Å²) in [5.41, 5.74) is 1.17. The van der Waals surface area contributed by atoms with Gasteiger partial charge in [-0.25, -0.2) is 4.98 Å². The molecule has 0 aliphatic heterocycles. The lowest BCUT2D eigenvalue weighted by Gasteiger charge is -2.11. The molecule has 2 unspecified atom stereocenters. The number of rotatable bonds is 4. The number of thiazole rings is 1. The van der Waals surface area contributed by atoms with Gasteiger partial charge in [-0.1, -0.05) is 0 Å². The molecule has 2 rings (SSSR count). The summed E-state index contributed by atoms with van der Waals surface area (Å²) in [6.45, 7) is 5.11. The molecule has 0 aromatic carbocycles. The maximum absolute atomic E-state index is 5.36. The molecule has 90 valence electrons. The highest BCUT2D eigenvalue weighted by Crippen LogP contribution is 2.22. The highest BCUT2D eigenvalue weighted by Gasteiger charge is 2.23. The lowest BCUT2D eigenvalue weighted by atomic mass is 10.2. The molecule has 1 heterocycles. The Hall–Kier alpha value is -0.450. The fraction of sp³-hybridized carbons (Fsp3) is 0.750. The molecule has 1 fully saturated rings. The molecule has 0 saturated heterocycles. The molecule has 0 amide bonds. The van der Waals surface area contributed by atoms with Crippen molar-refractivity contribution >= 4 is 11.3 Å². The van der Waals surface area contributed by atoms with Gasteiger partial charge in [0.2, 0.25) is 0 Å². The van der Waals surface area contributed by atoms with Gasteiger partial charge in [0.15, 0.2) is 0 Å². The second-order valence-electron chi connectivity index (χ2n) is 4.50. The molecule has 1 aliphatic rings. The monoisotopic (exact) mass is 240 g/mol. The topological polar surface area (TPSA) is 34.1 Å². The van der Waals surface area contributed by atoms with Crippen LogP contribution in [0.3, 0.4) is 0 Å². The van der Waals surface area contributed by atoms with Crippen molar-refractivity contribution in [2.45, 2.75) is 51.8 Å². The van der Waals surface area contributed by atoms with E-state index in [1.54, 1.807) is 18.4 Å². The zero-order chi connectivity index (χ0) is 11.5. The Morgan fingerprint density at radius 1 is 1.44 bits per heavy atom. The van der Waals surface area contributed by atoms with E-state index >= 15 is 0 Å². The van der Waals surface area contributed by atoms with E-state index in [1.807, 2.05) is 0 Å². The molecule has 0 bridgehead atoms. The van der Waals surface area contributed by atoms with E-state index < -0.39 is 0 Å². The summed E-state index contributed by atoms with van der Waals surface area (Å²) in [7, 11) is 1.81. The Bertz CT molecular complexity index is 331. The number of ether oxygens (including phenoxy) is 1. The van der Waals surface area contributed by atoms with Crippen molar-refractivity contribution in [1.29, 1.82) is 0 Å². The predicted octanol–water partition coefficient (Wildman–Crippen LogP) is 2.42. The standard InChI is InChI=1S/C12H20N2OS/c1-8-9(2)16-12(14-8)7-13-10-4-5-11(6-10)15-3/h10-11,13H,4-7H2,1-3H3. The van der Waals surface area contributed by atoms with Gasteiger partial charge in [-0.2, -0.15) is 0 Å². The largest absolute Gasteiger partial charge is 0.381 e. The van der Waals surface area contributed by atoms with Gasteiger partial charge >= 0.3 is 0 Å². The quantitative estimate of drug-likeness (QED) is 0.877. The molecule has 3 nitrogen and oxygen atoms in total. The molecular weight excluding hydrogens is 220 g/mol. The van der Waals surface area contributed by atoms with Crippen LogP contribution in [-0.4, -0.2) is 24.2 Å². The minimum absolute atomic E-state index is 0.456. The average molecular weight is 240 g/mol. The SMILES string of the molecule is COC1CCC(NCc2nc(C)c(C)s2)C1. The number of hydrogen-bond acceptors (Lipinski definition) is 4. The number of aryl methyl sites for hydroxylation is 2. The van der Waals surface area contributed by atoms with E-state index in [2.05, 4.69) is 24.1 Å². The maximum Gasteiger partial charge on any atom is 0.107 e. The van der Waals surface area contributed by atoms with E-state index in [-0.39, 0.29) is 0 Å². The third-order valence-corrected chi connectivity index (χ3v) is 4.41. The highest BCUT2D eigenvalue weighted by molar-refractivity contribution is 7.11. The Kier molecular flexibility index (Phi) is 3.95. The third-order valence-electron chi connectivity index (χ3n) is 3.33. The first-order valence-electron chi connectivity index (χ1n) is 5.88. The zero-order valence-electron chi connectivity index (χ0n) is 10.2. The lowest BCUT2D eigenvalue weighted by Crippen LogP contribution is -2.26. The van der Waals surface area contributed by atoms with E-state index in [4.69, 9.17) is 4.74 Å². The molecule has 1 N–H and O–H groups in total. The Morgan fingerprint density at radius 3 is 2.81 bits per heavy atom. The fourth-order valence-corrected chi connectivity index (χ4v) is 3.07. The minimum Gasteiger partial charge on any atom is -0.381 e. The number of aromatic nitrogens is 1. The summed E-state index contributed by atoms with van der Waals surface area (Å²) in [4.78, 5) is 5.87. The summed E-state index contributed by atoms with van der Waals surface area (Å²) < 4.78 is 5.36. The summed E-state index contributed by atoms with van der Waals surface area (Å²) in [6.07, 6.45) is 4.00. The fourth-order valence-electron chi connectivity index (χ4n) is 2.19. The van der Waals surface area contributed by atoms with Crippen molar-refractivity contribution in [3.05, 3.63) is 15.6 Å². The molecule has 1 aliphatic carbocycles. The Balaban J connectivity index is 1.79.